The Morgan fingerprint density at radius 1 is 1.67 bits per heavy atom. The lowest BCUT2D eigenvalue weighted by Crippen LogP contribution is -2.26. The normalized spacial score (nSPS) is 12.3. The predicted molar refractivity (Wildman–Crippen MR) is 61.4 cm³/mol. The lowest BCUT2D eigenvalue weighted by atomic mass is 10.1. The van der Waals surface area contributed by atoms with Crippen molar-refractivity contribution >= 4 is 33.4 Å². The van der Waals surface area contributed by atoms with Gasteiger partial charge in [-0.3, -0.25) is 4.79 Å². The Hall–Kier alpha value is -0.610. The minimum atomic E-state index is -0.998. The van der Waals surface area contributed by atoms with Crippen LogP contribution in [0.5, 0.6) is 0 Å². The molecule has 15 heavy (non-hydrogen) atoms. The largest absolute Gasteiger partial charge is 0.355 e. The molecule has 0 aromatic heterocycles. The van der Waals surface area contributed by atoms with Gasteiger partial charge in [0.1, 0.15) is 11.2 Å². The maximum absolute atomic E-state index is 13.5. The van der Waals surface area contributed by atoms with Gasteiger partial charge < -0.3 is 5.32 Å². The van der Waals surface area contributed by atoms with Crippen molar-refractivity contribution in [1.29, 1.82) is 0 Å². The number of carbonyl (C=O) groups excluding carboxylic acids is 1. The second kappa shape index (κ2) is 5.47. The molecular formula is C10H10BrClFNO. The fraction of sp³-hybridized carbons (Fsp3) is 0.300. The van der Waals surface area contributed by atoms with Crippen LogP contribution in [0.4, 0.5) is 4.39 Å². The lowest BCUT2D eigenvalue weighted by Gasteiger charge is -2.11. The van der Waals surface area contributed by atoms with Crippen molar-refractivity contribution in [2.45, 2.75) is 12.3 Å². The van der Waals surface area contributed by atoms with Gasteiger partial charge in [-0.05, 0) is 28.9 Å². The van der Waals surface area contributed by atoms with Crippen molar-refractivity contribution in [2.75, 3.05) is 6.54 Å². The van der Waals surface area contributed by atoms with Crippen LogP contribution in [0.1, 0.15) is 17.9 Å². The minimum absolute atomic E-state index is 0.178. The third-order valence-electron chi connectivity index (χ3n) is 1.84. The second-order valence-corrected chi connectivity index (χ2v) is 4.19. The van der Waals surface area contributed by atoms with Gasteiger partial charge in [0.25, 0.3) is 0 Å². The number of rotatable bonds is 3. The number of alkyl halides is 1. The van der Waals surface area contributed by atoms with E-state index in [0.29, 0.717) is 11.0 Å². The molecule has 1 atom stereocenters. The first kappa shape index (κ1) is 12.5. The number of benzene rings is 1. The molecular weight excluding hydrogens is 284 g/mol. The van der Waals surface area contributed by atoms with Crippen LogP contribution in [0.3, 0.4) is 0 Å². The first-order chi connectivity index (χ1) is 7.07. The molecule has 82 valence electrons. The van der Waals surface area contributed by atoms with Gasteiger partial charge in [-0.15, -0.1) is 11.6 Å². The van der Waals surface area contributed by atoms with Gasteiger partial charge in [0.05, 0.1) is 4.47 Å². The summed E-state index contributed by atoms with van der Waals surface area (Å²) >= 11 is 8.88. The molecule has 1 amide bonds. The van der Waals surface area contributed by atoms with E-state index in [9.17, 15) is 9.18 Å². The van der Waals surface area contributed by atoms with E-state index in [-0.39, 0.29) is 5.56 Å². The van der Waals surface area contributed by atoms with Crippen LogP contribution in [0.15, 0.2) is 22.7 Å². The fourth-order valence-corrected chi connectivity index (χ4v) is 1.75. The summed E-state index contributed by atoms with van der Waals surface area (Å²) in [4.78, 5) is 11.4. The summed E-state index contributed by atoms with van der Waals surface area (Å²) in [6, 6.07) is 4.68. The van der Waals surface area contributed by atoms with Crippen molar-refractivity contribution in [1.82, 2.24) is 5.32 Å². The number of hydrogen-bond donors (Lipinski definition) is 1. The van der Waals surface area contributed by atoms with E-state index in [4.69, 9.17) is 11.6 Å². The van der Waals surface area contributed by atoms with E-state index < -0.39 is 17.1 Å². The Morgan fingerprint density at radius 3 is 2.93 bits per heavy atom. The Morgan fingerprint density at radius 2 is 2.33 bits per heavy atom. The molecule has 5 heteroatoms. The molecule has 2 nitrogen and oxygen atoms in total. The van der Waals surface area contributed by atoms with Gasteiger partial charge >= 0.3 is 0 Å². The number of hydrogen-bond acceptors (Lipinski definition) is 1. The number of likely N-dealkylation sites (N-methyl/N-ethyl adjacent to an activating group) is 1. The molecule has 1 unspecified atom stereocenters. The Kier molecular flexibility index (Phi) is 4.54. The van der Waals surface area contributed by atoms with Crippen molar-refractivity contribution in [2.24, 2.45) is 0 Å². The summed E-state index contributed by atoms with van der Waals surface area (Å²) in [5, 5.41) is 1.54. The van der Waals surface area contributed by atoms with Gasteiger partial charge in [-0.2, -0.15) is 0 Å². The maximum Gasteiger partial charge on any atom is 0.242 e. The van der Waals surface area contributed by atoms with E-state index in [2.05, 4.69) is 21.2 Å². The molecule has 0 spiro atoms. The van der Waals surface area contributed by atoms with Crippen LogP contribution in [0, 0.1) is 5.82 Å². The van der Waals surface area contributed by atoms with E-state index in [0.717, 1.165) is 0 Å². The third-order valence-corrected chi connectivity index (χ3v) is 2.88. The standard InChI is InChI=1S/C10H10BrClFNO/c1-2-14-10(15)8(12)6-4-3-5-7(11)9(6)13/h3-5,8H,2H2,1H3,(H,14,15). The molecule has 1 aromatic carbocycles. The van der Waals surface area contributed by atoms with E-state index in [1.165, 1.54) is 6.07 Å². The molecule has 1 aromatic rings. The van der Waals surface area contributed by atoms with Crippen LogP contribution in [-0.2, 0) is 4.79 Å². The van der Waals surface area contributed by atoms with Crippen molar-refractivity contribution in [3.05, 3.63) is 34.1 Å². The third kappa shape index (κ3) is 2.92. The zero-order chi connectivity index (χ0) is 11.4. The second-order valence-electron chi connectivity index (χ2n) is 2.90. The van der Waals surface area contributed by atoms with Gasteiger partial charge in [-0.25, -0.2) is 4.39 Å². The Labute approximate surface area is 101 Å². The topological polar surface area (TPSA) is 29.1 Å². The number of halogens is 3. The average molecular weight is 295 g/mol. The molecule has 1 N–H and O–H groups in total. The molecule has 0 aliphatic rings. The fourth-order valence-electron chi connectivity index (χ4n) is 1.12. The van der Waals surface area contributed by atoms with Crippen LogP contribution in [0.2, 0.25) is 0 Å². The van der Waals surface area contributed by atoms with Crippen LogP contribution < -0.4 is 5.32 Å². The van der Waals surface area contributed by atoms with Crippen LogP contribution in [0.25, 0.3) is 0 Å². The SMILES string of the molecule is CCNC(=O)C(Cl)c1cccc(Br)c1F. The van der Waals surface area contributed by atoms with Crippen LogP contribution in [-0.4, -0.2) is 12.5 Å². The highest BCUT2D eigenvalue weighted by Crippen LogP contribution is 2.27. The van der Waals surface area contributed by atoms with E-state index in [1.807, 2.05) is 0 Å². The summed E-state index contributed by atoms with van der Waals surface area (Å²) in [6.45, 7) is 2.25. The zero-order valence-corrected chi connectivity index (χ0v) is 10.4. The summed E-state index contributed by atoms with van der Waals surface area (Å²) in [5.74, 6) is -0.889. The molecule has 1 rings (SSSR count). The molecule has 0 fully saturated rings. The summed E-state index contributed by atoms with van der Waals surface area (Å²) in [5.41, 5.74) is 0.178. The molecule has 0 aliphatic heterocycles. The molecule has 0 saturated heterocycles. The minimum Gasteiger partial charge on any atom is -0.355 e. The Bertz CT molecular complexity index is 372. The summed E-state index contributed by atoms with van der Waals surface area (Å²) < 4.78 is 13.8. The van der Waals surface area contributed by atoms with Crippen molar-refractivity contribution < 1.29 is 9.18 Å². The number of carbonyl (C=O) groups is 1. The summed E-state index contributed by atoms with van der Waals surface area (Å²) in [6.07, 6.45) is 0. The summed E-state index contributed by atoms with van der Waals surface area (Å²) in [7, 11) is 0. The highest BCUT2D eigenvalue weighted by Gasteiger charge is 2.21. The van der Waals surface area contributed by atoms with Crippen molar-refractivity contribution in [3.8, 4) is 0 Å². The first-order valence-electron chi connectivity index (χ1n) is 4.43. The molecule has 0 heterocycles. The van der Waals surface area contributed by atoms with E-state index >= 15 is 0 Å². The number of nitrogens with one attached hydrogen (secondary N) is 1. The average Bonchev–Trinajstić information content (AvgIpc) is 2.21. The number of amides is 1. The first-order valence-corrected chi connectivity index (χ1v) is 5.66. The Balaban J connectivity index is 2.96. The predicted octanol–water partition coefficient (Wildman–Crippen LogP) is 3.00. The maximum atomic E-state index is 13.5. The molecule has 0 radical (unpaired) electrons. The van der Waals surface area contributed by atoms with Gasteiger partial charge in [-0.1, -0.05) is 12.1 Å². The zero-order valence-electron chi connectivity index (χ0n) is 8.06. The van der Waals surface area contributed by atoms with Crippen LogP contribution >= 0.6 is 27.5 Å². The highest BCUT2D eigenvalue weighted by molar-refractivity contribution is 9.10. The van der Waals surface area contributed by atoms with Gasteiger partial charge in [0, 0.05) is 12.1 Å². The lowest BCUT2D eigenvalue weighted by molar-refractivity contribution is -0.120. The molecule has 0 saturated carbocycles. The van der Waals surface area contributed by atoms with Gasteiger partial charge in [0.15, 0.2) is 0 Å². The monoisotopic (exact) mass is 293 g/mol. The quantitative estimate of drug-likeness (QED) is 0.853. The van der Waals surface area contributed by atoms with E-state index in [1.54, 1.807) is 19.1 Å². The highest BCUT2D eigenvalue weighted by atomic mass is 79.9. The molecule has 0 aliphatic carbocycles. The smallest absolute Gasteiger partial charge is 0.242 e. The van der Waals surface area contributed by atoms with Gasteiger partial charge in [0.2, 0.25) is 5.91 Å². The molecule has 0 bridgehead atoms. The van der Waals surface area contributed by atoms with Crippen molar-refractivity contribution in [3.63, 3.8) is 0 Å².